The highest BCUT2D eigenvalue weighted by Gasteiger charge is 2.32. The molecule has 2 N–H and O–H groups in total. The van der Waals surface area contributed by atoms with E-state index in [0.29, 0.717) is 43.7 Å². The minimum Gasteiger partial charge on any atom is -0.451 e. The van der Waals surface area contributed by atoms with Gasteiger partial charge in [-0.25, -0.2) is 23.1 Å². The summed E-state index contributed by atoms with van der Waals surface area (Å²) in [7, 11) is 0. The largest absolute Gasteiger partial charge is 0.451 e. The third-order valence-electron chi connectivity index (χ3n) is 7.15. The number of amides is 1. The van der Waals surface area contributed by atoms with Gasteiger partial charge in [-0.05, 0) is 43.4 Å². The summed E-state index contributed by atoms with van der Waals surface area (Å²) in [6.45, 7) is 5.10. The van der Waals surface area contributed by atoms with Crippen molar-refractivity contribution in [1.82, 2.24) is 14.9 Å². The molecule has 3 aromatic rings. The zero-order valence-electron chi connectivity index (χ0n) is 21.1. The van der Waals surface area contributed by atoms with Crippen LogP contribution in [0.5, 0.6) is 11.5 Å². The summed E-state index contributed by atoms with van der Waals surface area (Å²) in [5.74, 6) is -9.28. The average Bonchev–Trinajstić information content (AvgIpc) is 3.32. The minimum absolute atomic E-state index is 0.00531. The summed E-state index contributed by atoms with van der Waals surface area (Å²) < 4.78 is 75.6. The first-order chi connectivity index (χ1) is 19.2. The Hall–Kier alpha value is -4.35. The van der Waals surface area contributed by atoms with E-state index in [1.54, 1.807) is 4.90 Å². The molecule has 0 aliphatic carbocycles. The SMILES string of the molecule is C=CC(=O)N1CCC(CC2CCN=C(c3ccc(Oc4c(F)c(F)cc(F)c4F)cc3F)c3c(N)ncnc32)C1. The fourth-order valence-corrected chi connectivity index (χ4v) is 5.23. The van der Waals surface area contributed by atoms with Crippen LogP contribution in [0.4, 0.5) is 27.8 Å². The van der Waals surface area contributed by atoms with Crippen molar-refractivity contribution < 1.29 is 31.5 Å². The first-order valence-electron chi connectivity index (χ1n) is 12.5. The second-order valence-electron chi connectivity index (χ2n) is 9.65. The van der Waals surface area contributed by atoms with Crippen LogP contribution in [0.15, 0.2) is 48.2 Å². The number of rotatable bonds is 6. The van der Waals surface area contributed by atoms with E-state index in [-0.39, 0.29) is 40.9 Å². The van der Waals surface area contributed by atoms with E-state index in [0.717, 1.165) is 12.5 Å². The predicted molar refractivity (Wildman–Crippen MR) is 137 cm³/mol. The molecule has 208 valence electrons. The Kier molecular flexibility index (Phi) is 7.51. The maximum absolute atomic E-state index is 15.4. The number of nitrogens with zero attached hydrogens (tertiary/aromatic N) is 4. The van der Waals surface area contributed by atoms with Gasteiger partial charge in [-0.15, -0.1) is 0 Å². The second kappa shape index (κ2) is 11.0. The summed E-state index contributed by atoms with van der Waals surface area (Å²) in [6, 6.07) is 3.33. The number of fused-ring (bicyclic) bond motifs is 1. The number of benzene rings is 2. The number of anilines is 1. The fraction of sp³-hybridized carbons (Fsp3) is 0.286. The normalized spacial score (nSPS) is 18.6. The van der Waals surface area contributed by atoms with E-state index >= 15 is 4.39 Å². The van der Waals surface area contributed by atoms with Crippen LogP contribution in [0.3, 0.4) is 0 Å². The van der Waals surface area contributed by atoms with Gasteiger partial charge in [0.25, 0.3) is 0 Å². The molecule has 3 heterocycles. The van der Waals surface area contributed by atoms with Crippen LogP contribution >= 0.6 is 0 Å². The number of likely N-dealkylation sites (tertiary alicyclic amines) is 1. The molecule has 0 saturated carbocycles. The summed E-state index contributed by atoms with van der Waals surface area (Å²) in [5, 5.41) is 0. The number of nitrogens with two attached hydrogens (primary N) is 1. The van der Waals surface area contributed by atoms with Crippen molar-refractivity contribution in [2.45, 2.75) is 25.2 Å². The lowest BCUT2D eigenvalue weighted by molar-refractivity contribution is -0.125. The number of hydrogen-bond acceptors (Lipinski definition) is 6. The summed E-state index contributed by atoms with van der Waals surface area (Å²) in [6.07, 6.45) is 4.77. The average molecular weight is 558 g/mol. The van der Waals surface area contributed by atoms with Crippen molar-refractivity contribution >= 4 is 17.4 Å². The highest BCUT2D eigenvalue weighted by atomic mass is 19.2. The zero-order valence-corrected chi connectivity index (χ0v) is 21.1. The van der Waals surface area contributed by atoms with Crippen molar-refractivity contribution in [3.05, 3.63) is 89.2 Å². The fourth-order valence-electron chi connectivity index (χ4n) is 5.23. The molecule has 2 atom stereocenters. The van der Waals surface area contributed by atoms with Crippen molar-refractivity contribution in [3.63, 3.8) is 0 Å². The van der Waals surface area contributed by atoms with Gasteiger partial charge >= 0.3 is 0 Å². The number of carbonyl (C=O) groups excluding carboxylic acids is 1. The third-order valence-corrected chi connectivity index (χ3v) is 7.15. The van der Waals surface area contributed by atoms with Crippen LogP contribution in [0.1, 0.15) is 42.0 Å². The van der Waals surface area contributed by atoms with Gasteiger partial charge in [0.15, 0.2) is 11.6 Å². The van der Waals surface area contributed by atoms with Crippen molar-refractivity contribution in [1.29, 1.82) is 0 Å². The Morgan fingerprint density at radius 3 is 2.52 bits per heavy atom. The molecule has 0 spiro atoms. The molecule has 2 aromatic carbocycles. The lowest BCUT2D eigenvalue weighted by Gasteiger charge is -2.21. The number of halogens is 5. The Morgan fingerprint density at radius 1 is 1.07 bits per heavy atom. The van der Waals surface area contributed by atoms with Crippen LogP contribution in [-0.2, 0) is 4.79 Å². The molecule has 2 aliphatic rings. The Labute approximate surface area is 226 Å². The molecule has 0 radical (unpaired) electrons. The molecular formula is C28H24F5N5O2. The smallest absolute Gasteiger partial charge is 0.245 e. The summed E-state index contributed by atoms with van der Waals surface area (Å²) in [5.41, 5.74) is 7.42. The maximum atomic E-state index is 15.4. The molecule has 1 amide bonds. The minimum atomic E-state index is -1.75. The number of ether oxygens (including phenoxy) is 1. The molecule has 12 heteroatoms. The lowest BCUT2D eigenvalue weighted by atomic mass is 9.86. The molecular weight excluding hydrogens is 533 g/mol. The van der Waals surface area contributed by atoms with Gasteiger partial charge in [-0.3, -0.25) is 9.79 Å². The van der Waals surface area contributed by atoms with Crippen LogP contribution in [0, 0.1) is 35.0 Å². The molecule has 1 fully saturated rings. The molecule has 1 aromatic heterocycles. The number of carbonyl (C=O) groups is 1. The van der Waals surface area contributed by atoms with Gasteiger partial charge in [0.05, 0.1) is 17.0 Å². The zero-order chi connectivity index (χ0) is 28.6. The molecule has 40 heavy (non-hydrogen) atoms. The van der Waals surface area contributed by atoms with E-state index in [9.17, 15) is 22.4 Å². The standard InChI is InChI=1S/C28H24F5N5O2/c1-2-21(39)38-8-6-14(12-38)9-15-5-7-35-26(22-25(15)36-13-37-28(22)34)17-4-3-16(10-18(17)29)40-27-23(32)19(30)11-20(31)24(27)33/h2-4,10-11,13-15H,1,5-9,12H2,(H2,34,36,37). The van der Waals surface area contributed by atoms with E-state index in [1.807, 2.05) is 0 Å². The summed E-state index contributed by atoms with van der Waals surface area (Å²) in [4.78, 5) is 26.9. The molecule has 5 rings (SSSR count). The van der Waals surface area contributed by atoms with Gasteiger partial charge < -0.3 is 15.4 Å². The molecule has 2 unspecified atom stereocenters. The van der Waals surface area contributed by atoms with Gasteiger partial charge in [0.1, 0.15) is 23.7 Å². The van der Waals surface area contributed by atoms with Gasteiger partial charge in [0.2, 0.25) is 23.3 Å². The Morgan fingerprint density at radius 2 is 1.82 bits per heavy atom. The molecule has 1 saturated heterocycles. The van der Waals surface area contributed by atoms with Crippen molar-refractivity contribution in [3.8, 4) is 11.5 Å². The number of nitrogen functional groups attached to an aromatic ring is 1. The number of hydrogen-bond donors (Lipinski definition) is 1. The van der Waals surface area contributed by atoms with E-state index in [4.69, 9.17) is 10.5 Å². The number of aromatic nitrogens is 2. The van der Waals surface area contributed by atoms with Gasteiger partial charge in [0, 0.05) is 43.2 Å². The monoisotopic (exact) mass is 557 g/mol. The maximum Gasteiger partial charge on any atom is 0.245 e. The van der Waals surface area contributed by atoms with Crippen LogP contribution in [0.2, 0.25) is 0 Å². The van der Waals surface area contributed by atoms with E-state index in [2.05, 4.69) is 21.5 Å². The van der Waals surface area contributed by atoms with E-state index < -0.39 is 40.6 Å². The first kappa shape index (κ1) is 27.2. The molecule has 0 bridgehead atoms. The highest BCUT2D eigenvalue weighted by Crippen LogP contribution is 2.37. The summed E-state index contributed by atoms with van der Waals surface area (Å²) >= 11 is 0. The van der Waals surface area contributed by atoms with Crippen LogP contribution < -0.4 is 10.5 Å². The van der Waals surface area contributed by atoms with Gasteiger partial charge in [-0.2, -0.15) is 8.78 Å². The second-order valence-corrected chi connectivity index (χ2v) is 9.65. The quantitative estimate of drug-likeness (QED) is 0.252. The Balaban J connectivity index is 1.43. The third kappa shape index (κ3) is 5.13. The van der Waals surface area contributed by atoms with Crippen molar-refractivity contribution in [2.75, 3.05) is 25.4 Å². The predicted octanol–water partition coefficient (Wildman–Crippen LogP) is 5.30. The number of aliphatic imine (C=N–C) groups is 1. The lowest BCUT2D eigenvalue weighted by Crippen LogP contribution is -2.27. The molecule has 7 nitrogen and oxygen atoms in total. The van der Waals surface area contributed by atoms with Crippen molar-refractivity contribution in [2.24, 2.45) is 10.9 Å². The van der Waals surface area contributed by atoms with Crippen LogP contribution in [0.25, 0.3) is 0 Å². The highest BCUT2D eigenvalue weighted by molar-refractivity contribution is 6.16. The first-order valence-corrected chi connectivity index (χ1v) is 12.5. The van der Waals surface area contributed by atoms with Crippen LogP contribution in [-0.4, -0.2) is 46.1 Å². The van der Waals surface area contributed by atoms with E-state index in [1.165, 1.54) is 24.5 Å². The topological polar surface area (TPSA) is 93.7 Å². The van der Waals surface area contributed by atoms with Gasteiger partial charge in [-0.1, -0.05) is 6.58 Å². The Bertz CT molecular complexity index is 1500. The molecule has 2 aliphatic heterocycles.